The summed E-state index contributed by atoms with van der Waals surface area (Å²) >= 11 is 0. The molecule has 1 aromatic heterocycles. The minimum Gasteiger partial charge on any atom is -0.340 e. The van der Waals surface area contributed by atoms with Crippen molar-refractivity contribution >= 4 is 5.91 Å². The third kappa shape index (κ3) is 5.05. The van der Waals surface area contributed by atoms with E-state index in [4.69, 9.17) is 0 Å². The van der Waals surface area contributed by atoms with E-state index < -0.39 is 0 Å². The molecule has 0 spiro atoms. The summed E-state index contributed by atoms with van der Waals surface area (Å²) in [6.45, 7) is 9.84. The molecule has 3 heterocycles. The number of carbonyl (C=O) groups is 1. The average Bonchev–Trinajstić information content (AvgIpc) is 3.06. The van der Waals surface area contributed by atoms with Gasteiger partial charge in [-0.15, -0.1) is 0 Å². The van der Waals surface area contributed by atoms with Gasteiger partial charge in [-0.3, -0.25) is 14.4 Å². The summed E-state index contributed by atoms with van der Waals surface area (Å²) in [6, 6.07) is 0.723. The van der Waals surface area contributed by atoms with Crippen molar-refractivity contribution in [2.75, 3.05) is 45.8 Å². The quantitative estimate of drug-likeness (QED) is 0.780. The Labute approximate surface area is 151 Å². The smallest absolute Gasteiger partial charge is 0.222 e. The van der Waals surface area contributed by atoms with Crippen LogP contribution < -0.4 is 0 Å². The Hall–Kier alpha value is -1.40. The maximum Gasteiger partial charge on any atom is 0.222 e. The zero-order chi connectivity index (χ0) is 17.6. The molecule has 0 bridgehead atoms. The monoisotopic (exact) mass is 347 g/mol. The van der Waals surface area contributed by atoms with Crippen molar-refractivity contribution in [3.05, 3.63) is 18.0 Å². The van der Waals surface area contributed by atoms with Crippen molar-refractivity contribution in [2.24, 2.45) is 7.05 Å². The van der Waals surface area contributed by atoms with Gasteiger partial charge in [-0.05, 0) is 50.9 Å². The molecule has 2 fully saturated rings. The molecule has 0 saturated carbocycles. The summed E-state index contributed by atoms with van der Waals surface area (Å²) in [5.41, 5.74) is 1.15. The zero-order valence-electron chi connectivity index (χ0n) is 15.9. The molecule has 1 amide bonds. The normalized spacial score (nSPS) is 21.0. The predicted molar refractivity (Wildman–Crippen MR) is 99.4 cm³/mol. The molecular formula is C19H33N5O. The maximum absolute atomic E-state index is 12.4. The van der Waals surface area contributed by atoms with E-state index in [9.17, 15) is 4.79 Å². The number of aryl methyl sites for hydroxylation is 2. The van der Waals surface area contributed by atoms with Gasteiger partial charge in [0.05, 0.1) is 6.20 Å². The predicted octanol–water partition coefficient (Wildman–Crippen LogP) is 1.37. The molecule has 25 heavy (non-hydrogen) atoms. The number of amides is 1. The van der Waals surface area contributed by atoms with Crippen molar-refractivity contribution in [3.8, 4) is 0 Å². The van der Waals surface area contributed by atoms with Crippen LogP contribution in [-0.4, -0.2) is 82.2 Å². The lowest BCUT2D eigenvalue weighted by Crippen LogP contribution is -2.54. The standard InChI is InChI=1S/C19H33N5O/c1-3-8-22-9-6-18(7-10-22)23-11-13-24(14-12-23)19(25)5-4-17-15-20-21(2)16-17/h15-16,18H,3-14H2,1-2H3. The summed E-state index contributed by atoms with van der Waals surface area (Å²) in [5.74, 6) is 0.293. The van der Waals surface area contributed by atoms with Gasteiger partial charge in [-0.2, -0.15) is 5.10 Å². The molecule has 3 rings (SSSR count). The van der Waals surface area contributed by atoms with Crippen molar-refractivity contribution in [1.82, 2.24) is 24.5 Å². The highest BCUT2D eigenvalue weighted by atomic mass is 16.2. The molecule has 6 heteroatoms. The number of nitrogens with zero attached hydrogens (tertiary/aromatic N) is 5. The van der Waals surface area contributed by atoms with Crippen LogP contribution in [0.3, 0.4) is 0 Å². The Morgan fingerprint density at radius 3 is 2.48 bits per heavy atom. The van der Waals surface area contributed by atoms with Crippen LogP contribution in [0, 0.1) is 0 Å². The van der Waals surface area contributed by atoms with Crippen LogP contribution in [0.4, 0.5) is 0 Å². The van der Waals surface area contributed by atoms with E-state index in [-0.39, 0.29) is 0 Å². The van der Waals surface area contributed by atoms with Crippen molar-refractivity contribution in [1.29, 1.82) is 0 Å². The molecule has 0 atom stereocenters. The van der Waals surface area contributed by atoms with E-state index in [2.05, 4.69) is 26.7 Å². The molecule has 6 nitrogen and oxygen atoms in total. The number of likely N-dealkylation sites (tertiary alicyclic amines) is 1. The lowest BCUT2D eigenvalue weighted by atomic mass is 10.0. The number of piperidine rings is 1. The third-order valence-electron chi connectivity index (χ3n) is 5.67. The third-order valence-corrected chi connectivity index (χ3v) is 5.67. The number of piperazine rings is 1. The van der Waals surface area contributed by atoms with Crippen LogP contribution in [0.2, 0.25) is 0 Å². The Bertz CT molecular complexity index is 542. The van der Waals surface area contributed by atoms with Gasteiger partial charge in [-0.1, -0.05) is 6.92 Å². The lowest BCUT2D eigenvalue weighted by Gasteiger charge is -2.42. The minimum absolute atomic E-state index is 0.293. The summed E-state index contributed by atoms with van der Waals surface area (Å²) in [4.78, 5) is 19.7. The largest absolute Gasteiger partial charge is 0.340 e. The van der Waals surface area contributed by atoms with Gasteiger partial charge in [0.15, 0.2) is 0 Å². The highest BCUT2D eigenvalue weighted by Gasteiger charge is 2.28. The molecule has 2 aliphatic rings. The summed E-state index contributed by atoms with van der Waals surface area (Å²) in [7, 11) is 1.91. The van der Waals surface area contributed by atoms with Crippen LogP contribution in [0.5, 0.6) is 0 Å². The second-order valence-corrected chi connectivity index (χ2v) is 7.51. The van der Waals surface area contributed by atoms with Crippen molar-refractivity contribution in [2.45, 2.75) is 45.1 Å². The first-order chi connectivity index (χ1) is 12.2. The van der Waals surface area contributed by atoms with Crippen LogP contribution in [0.1, 0.15) is 38.2 Å². The molecule has 0 radical (unpaired) electrons. The van der Waals surface area contributed by atoms with Crippen LogP contribution in [0.25, 0.3) is 0 Å². The van der Waals surface area contributed by atoms with E-state index in [1.165, 1.54) is 38.9 Å². The fourth-order valence-electron chi connectivity index (χ4n) is 4.17. The molecule has 0 aliphatic carbocycles. The second kappa shape index (κ2) is 8.81. The van der Waals surface area contributed by atoms with Gasteiger partial charge in [0.25, 0.3) is 0 Å². The van der Waals surface area contributed by atoms with E-state index in [0.717, 1.165) is 44.2 Å². The van der Waals surface area contributed by atoms with Crippen LogP contribution >= 0.6 is 0 Å². The highest BCUT2D eigenvalue weighted by molar-refractivity contribution is 5.76. The zero-order valence-corrected chi connectivity index (χ0v) is 15.9. The second-order valence-electron chi connectivity index (χ2n) is 7.51. The molecule has 140 valence electrons. The van der Waals surface area contributed by atoms with Crippen molar-refractivity contribution < 1.29 is 4.79 Å². The number of rotatable bonds is 6. The number of aromatic nitrogens is 2. The Balaban J connectivity index is 1.37. The molecule has 0 unspecified atom stereocenters. The molecular weight excluding hydrogens is 314 g/mol. The lowest BCUT2D eigenvalue weighted by molar-refractivity contribution is -0.133. The first kappa shape index (κ1) is 18.4. The van der Waals surface area contributed by atoms with E-state index in [1.54, 1.807) is 4.68 Å². The maximum atomic E-state index is 12.4. The van der Waals surface area contributed by atoms with E-state index in [1.807, 2.05) is 19.4 Å². The van der Waals surface area contributed by atoms with E-state index >= 15 is 0 Å². The number of carbonyl (C=O) groups excluding carboxylic acids is 1. The number of hydrogen-bond donors (Lipinski definition) is 0. The van der Waals surface area contributed by atoms with Gasteiger partial charge in [0.2, 0.25) is 5.91 Å². The highest BCUT2D eigenvalue weighted by Crippen LogP contribution is 2.19. The summed E-state index contributed by atoms with van der Waals surface area (Å²) < 4.78 is 1.80. The van der Waals surface area contributed by atoms with Gasteiger partial charge in [0, 0.05) is 51.9 Å². The number of hydrogen-bond acceptors (Lipinski definition) is 4. The van der Waals surface area contributed by atoms with E-state index in [0.29, 0.717) is 12.3 Å². The van der Waals surface area contributed by atoms with Crippen LogP contribution in [-0.2, 0) is 18.3 Å². The Morgan fingerprint density at radius 2 is 1.88 bits per heavy atom. The fraction of sp³-hybridized carbons (Fsp3) is 0.789. The molecule has 1 aromatic rings. The molecule has 0 aromatic carbocycles. The van der Waals surface area contributed by atoms with Gasteiger partial charge in [-0.25, -0.2) is 0 Å². The first-order valence-electron chi connectivity index (χ1n) is 9.87. The topological polar surface area (TPSA) is 44.6 Å². The van der Waals surface area contributed by atoms with Gasteiger partial charge < -0.3 is 9.80 Å². The molecule has 2 aliphatic heterocycles. The van der Waals surface area contributed by atoms with Gasteiger partial charge in [0.1, 0.15) is 0 Å². The molecule has 0 N–H and O–H groups in total. The Kier molecular flexibility index (Phi) is 6.48. The SMILES string of the molecule is CCCN1CCC(N2CCN(C(=O)CCc3cnn(C)c3)CC2)CC1. The fourth-order valence-corrected chi connectivity index (χ4v) is 4.17. The van der Waals surface area contributed by atoms with Crippen molar-refractivity contribution in [3.63, 3.8) is 0 Å². The summed E-state index contributed by atoms with van der Waals surface area (Å²) in [6.07, 6.45) is 9.07. The minimum atomic E-state index is 0.293. The average molecular weight is 348 g/mol. The first-order valence-corrected chi connectivity index (χ1v) is 9.87. The van der Waals surface area contributed by atoms with Gasteiger partial charge >= 0.3 is 0 Å². The molecule has 2 saturated heterocycles. The summed E-state index contributed by atoms with van der Waals surface area (Å²) in [5, 5.41) is 4.17. The van der Waals surface area contributed by atoms with Crippen LogP contribution in [0.15, 0.2) is 12.4 Å². The Morgan fingerprint density at radius 1 is 1.16 bits per heavy atom.